The van der Waals surface area contributed by atoms with Crippen molar-refractivity contribution < 1.29 is 14.3 Å². The molecule has 1 unspecified atom stereocenters. The number of hydrogen-bond donors (Lipinski definition) is 1. The van der Waals surface area contributed by atoms with Gasteiger partial charge in [0, 0.05) is 5.69 Å². The van der Waals surface area contributed by atoms with Crippen LogP contribution in [0.1, 0.15) is 46.0 Å². The molecule has 0 saturated carbocycles. The molecule has 0 fully saturated rings. The van der Waals surface area contributed by atoms with Crippen molar-refractivity contribution in [1.29, 1.82) is 0 Å². The van der Waals surface area contributed by atoms with Crippen molar-refractivity contribution in [3.05, 3.63) is 56.8 Å². The number of nitrogens with one attached hydrogen (secondary N) is 1. The maximum atomic E-state index is 13.0. The van der Waals surface area contributed by atoms with Crippen LogP contribution in [0.5, 0.6) is 0 Å². The third-order valence-corrected chi connectivity index (χ3v) is 6.76. The third-order valence-electron chi connectivity index (χ3n) is 4.34. The number of thioether (sulfide) groups is 1. The van der Waals surface area contributed by atoms with E-state index in [0.717, 1.165) is 5.69 Å². The molecule has 3 rings (SSSR count). The molecule has 6 nitrogen and oxygen atoms in total. The van der Waals surface area contributed by atoms with E-state index >= 15 is 0 Å². The summed E-state index contributed by atoms with van der Waals surface area (Å²) in [5, 5.41) is 4.15. The number of H-pyrrole nitrogens is 1. The van der Waals surface area contributed by atoms with Gasteiger partial charge in [0.25, 0.3) is 0 Å². The normalized spacial score (nSPS) is 12.0. The van der Waals surface area contributed by atoms with Crippen molar-refractivity contribution in [2.45, 2.75) is 37.3 Å². The average molecular weight is 448 g/mol. The van der Waals surface area contributed by atoms with E-state index in [1.165, 1.54) is 23.1 Å². The minimum Gasteiger partial charge on any atom is -0.462 e. The predicted molar refractivity (Wildman–Crippen MR) is 118 cm³/mol. The predicted octanol–water partition coefficient (Wildman–Crippen LogP) is 5.15. The highest BCUT2D eigenvalue weighted by atomic mass is 32.2. The van der Waals surface area contributed by atoms with Gasteiger partial charge in [-0.1, -0.05) is 41.3 Å². The molecule has 0 saturated heterocycles. The molecule has 0 aliphatic carbocycles. The lowest BCUT2D eigenvalue weighted by molar-refractivity contribution is 0.0525. The van der Waals surface area contributed by atoms with E-state index in [4.69, 9.17) is 17.0 Å². The number of nitrogens with zero attached hydrogens (tertiary/aromatic N) is 2. The molecule has 1 aromatic carbocycles. The lowest BCUT2D eigenvalue weighted by atomic mass is 10.1. The first-order chi connectivity index (χ1) is 13.8. The first-order valence-corrected chi connectivity index (χ1v) is 11.2. The first kappa shape index (κ1) is 21.5. The van der Waals surface area contributed by atoms with Crippen LogP contribution in [0, 0.1) is 17.8 Å². The Labute approximate surface area is 182 Å². The number of aromatic nitrogens is 3. The summed E-state index contributed by atoms with van der Waals surface area (Å²) in [4.78, 5) is 28.2. The van der Waals surface area contributed by atoms with Gasteiger partial charge >= 0.3 is 5.97 Å². The Hall–Kier alpha value is -2.23. The summed E-state index contributed by atoms with van der Waals surface area (Å²) in [6.07, 6.45) is 0. The molecule has 9 heteroatoms. The van der Waals surface area contributed by atoms with Crippen molar-refractivity contribution in [3.8, 4) is 5.69 Å². The van der Waals surface area contributed by atoms with Crippen LogP contribution < -0.4 is 0 Å². The number of aryl methyl sites for hydroxylation is 1. The van der Waals surface area contributed by atoms with Crippen LogP contribution in [0.4, 0.5) is 0 Å². The molecule has 0 radical (unpaired) electrons. The van der Waals surface area contributed by atoms with Gasteiger partial charge in [-0.05, 0) is 57.6 Å². The Morgan fingerprint density at radius 1 is 1.31 bits per heavy atom. The number of carbonyl (C=O) groups is 2. The summed E-state index contributed by atoms with van der Waals surface area (Å²) in [5.41, 5.74) is 2.98. The van der Waals surface area contributed by atoms with Crippen molar-refractivity contribution in [2.75, 3.05) is 6.61 Å². The average Bonchev–Trinajstić information content (AvgIpc) is 3.20. The quantitative estimate of drug-likeness (QED) is 0.234. The Morgan fingerprint density at radius 3 is 2.66 bits per heavy atom. The van der Waals surface area contributed by atoms with Crippen LogP contribution >= 0.6 is 35.3 Å². The van der Waals surface area contributed by atoms with Crippen LogP contribution in [0.2, 0.25) is 0 Å². The van der Waals surface area contributed by atoms with Gasteiger partial charge in [0.1, 0.15) is 0 Å². The molecular weight excluding hydrogens is 426 g/mol. The fourth-order valence-corrected chi connectivity index (χ4v) is 5.52. The van der Waals surface area contributed by atoms with Crippen LogP contribution in [-0.2, 0) is 4.74 Å². The number of carbonyl (C=O) groups excluding carboxylic acids is 2. The van der Waals surface area contributed by atoms with E-state index in [1.54, 1.807) is 25.5 Å². The van der Waals surface area contributed by atoms with Crippen molar-refractivity contribution in [2.24, 2.45) is 0 Å². The smallest absolute Gasteiger partial charge is 0.340 e. The second kappa shape index (κ2) is 9.06. The second-order valence-corrected chi connectivity index (χ2v) is 9.56. The van der Waals surface area contributed by atoms with E-state index in [0.29, 0.717) is 30.8 Å². The molecule has 29 heavy (non-hydrogen) atoms. The molecule has 2 heterocycles. The number of esters is 1. The van der Waals surface area contributed by atoms with Crippen molar-refractivity contribution >= 4 is 47.1 Å². The number of ether oxygens (including phenoxy) is 1. The minimum atomic E-state index is -0.419. The SMILES string of the molecule is CCOC(=O)c1c(C)[nH]c(C(=O)C(C)Sc2nn(-c3ccccc3)c(=S)s2)c1C. The number of Topliss-reactive ketones (excluding diaryl/α,β-unsaturated/α-hetero) is 1. The van der Waals surface area contributed by atoms with Crippen LogP contribution in [0.3, 0.4) is 0 Å². The lowest BCUT2D eigenvalue weighted by Crippen LogP contribution is -2.15. The summed E-state index contributed by atoms with van der Waals surface area (Å²) in [6.45, 7) is 7.38. The lowest BCUT2D eigenvalue weighted by Gasteiger charge is -2.08. The van der Waals surface area contributed by atoms with Gasteiger partial charge in [-0.25, -0.2) is 9.48 Å². The van der Waals surface area contributed by atoms with Gasteiger partial charge in [-0.15, -0.1) is 5.10 Å². The zero-order valence-electron chi connectivity index (χ0n) is 16.5. The Morgan fingerprint density at radius 2 is 2.00 bits per heavy atom. The van der Waals surface area contributed by atoms with Crippen molar-refractivity contribution in [1.82, 2.24) is 14.8 Å². The monoisotopic (exact) mass is 447 g/mol. The fourth-order valence-electron chi connectivity index (χ4n) is 2.95. The molecule has 0 aliphatic rings. The number of aromatic amines is 1. The van der Waals surface area contributed by atoms with Crippen LogP contribution in [-0.4, -0.2) is 38.4 Å². The number of para-hydroxylation sites is 1. The van der Waals surface area contributed by atoms with E-state index in [2.05, 4.69) is 10.1 Å². The Balaban J connectivity index is 1.81. The third kappa shape index (κ3) is 4.52. The van der Waals surface area contributed by atoms with Crippen molar-refractivity contribution in [3.63, 3.8) is 0 Å². The maximum Gasteiger partial charge on any atom is 0.340 e. The second-order valence-electron chi connectivity index (χ2n) is 6.35. The molecule has 0 spiro atoms. The fraction of sp³-hybridized carbons (Fsp3) is 0.300. The highest BCUT2D eigenvalue weighted by Crippen LogP contribution is 2.30. The summed E-state index contributed by atoms with van der Waals surface area (Å²) < 4.78 is 8.13. The Kier molecular flexibility index (Phi) is 6.71. The number of rotatable bonds is 7. The topological polar surface area (TPSA) is 77.0 Å². The standard InChI is InChI=1S/C20H21N3O3S3/c1-5-26-18(25)15-11(2)16(21-12(15)3)17(24)13(4)28-19-22-23(20(27)29-19)14-9-7-6-8-10-14/h6-10,13,21H,5H2,1-4H3. The molecule has 0 amide bonds. The summed E-state index contributed by atoms with van der Waals surface area (Å²) in [5.74, 6) is -0.517. The number of benzene rings is 1. The van der Waals surface area contributed by atoms with E-state index < -0.39 is 11.2 Å². The van der Waals surface area contributed by atoms with E-state index in [9.17, 15) is 9.59 Å². The van der Waals surface area contributed by atoms with Gasteiger partial charge in [-0.3, -0.25) is 4.79 Å². The van der Waals surface area contributed by atoms with E-state index in [-0.39, 0.29) is 12.4 Å². The minimum absolute atomic E-state index is 0.0986. The molecule has 3 aromatic rings. The molecular formula is C20H21N3O3S3. The van der Waals surface area contributed by atoms with Gasteiger partial charge in [0.15, 0.2) is 14.1 Å². The summed E-state index contributed by atoms with van der Waals surface area (Å²) >= 11 is 8.14. The highest BCUT2D eigenvalue weighted by molar-refractivity contribution is 8.02. The largest absolute Gasteiger partial charge is 0.462 e. The van der Waals surface area contributed by atoms with Gasteiger partial charge < -0.3 is 9.72 Å². The Bertz CT molecular complexity index is 1100. The van der Waals surface area contributed by atoms with Gasteiger partial charge in [0.2, 0.25) is 0 Å². The van der Waals surface area contributed by atoms with Crippen LogP contribution in [0.15, 0.2) is 34.7 Å². The molecule has 0 aliphatic heterocycles. The number of hydrogen-bond acceptors (Lipinski definition) is 7. The molecule has 1 atom stereocenters. The van der Waals surface area contributed by atoms with Gasteiger partial charge in [0.05, 0.1) is 28.8 Å². The van der Waals surface area contributed by atoms with Gasteiger partial charge in [-0.2, -0.15) is 0 Å². The molecule has 1 N–H and O–H groups in total. The summed E-state index contributed by atoms with van der Waals surface area (Å²) in [7, 11) is 0. The molecule has 152 valence electrons. The zero-order chi connectivity index (χ0) is 21.1. The van der Waals surface area contributed by atoms with Crippen LogP contribution in [0.25, 0.3) is 5.69 Å². The summed E-state index contributed by atoms with van der Waals surface area (Å²) in [6, 6.07) is 9.64. The molecule has 0 bridgehead atoms. The highest BCUT2D eigenvalue weighted by Gasteiger charge is 2.27. The van der Waals surface area contributed by atoms with E-state index in [1.807, 2.05) is 37.3 Å². The number of ketones is 1. The first-order valence-electron chi connectivity index (χ1n) is 9.06. The maximum absolute atomic E-state index is 13.0. The molecule has 2 aromatic heterocycles. The zero-order valence-corrected chi connectivity index (χ0v) is 19.0.